The molecule has 0 unspecified atom stereocenters. The lowest BCUT2D eigenvalue weighted by Gasteiger charge is -2.12. The number of para-hydroxylation sites is 1. The highest BCUT2D eigenvalue weighted by atomic mass is 79.9. The van der Waals surface area contributed by atoms with Crippen molar-refractivity contribution in [1.82, 2.24) is 0 Å². The van der Waals surface area contributed by atoms with Crippen LogP contribution >= 0.6 is 15.9 Å². The number of rotatable bonds is 3. The van der Waals surface area contributed by atoms with Gasteiger partial charge in [-0.1, -0.05) is 49.0 Å². The summed E-state index contributed by atoms with van der Waals surface area (Å²) in [7, 11) is 0. The average Bonchev–Trinajstić information content (AvgIpc) is 2.41. The van der Waals surface area contributed by atoms with Crippen LogP contribution in [0.3, 0.4) is 0 Å². The van der Waals surface area contributed by atoms with Crippen LogP contribution in [0.5, 0.6) is 5.75 Å². The highest BCUT2D eigenvalue weighted by Crippen LogP contribution is 2.36. The smallest absolute Gasteiger partial charge is 0.338 e. The quantitative estimate of drug-likeness (QED) is 0.470. The van der Waals surface area contributed by atoms with Crippen molar-refractivity contribution in [2.45, 2.75) is 6.92 Å². The van der Waals surface area contributed by atoms with E-state index >= 15 is 0 Å². The van der Waals surface area contributed by atoms with Crippen molar-refractivity contribution in [3.63, 3.8) is 0 Å². The molecule has 0 aliphatic heterocycles. The predicted molar refractivity (Wildman–Crippen MR) is 80.0 cm³/mol. The Kier molecular flexibility index (Phi) is 4.17. The number of carbonyl (C=O) groups excluding carboxylic acids is 1. The molecule has 19 heavy (non-hydrogen) atoms. The maximum Gasteiger partial charge on any atom is 0.338 e. The number of esters is 1. The third-order valence-electron chi connectivity index (χ3n) is 2.60. The molecule has 0 spiro atoms. The molecule has 0 heterocycles. The molecule has 0 amide bonds. The largest absolute Gasteiger partial charge is 0.421 e. The molecule has 0 aliphatic carbocycles. The van der Waals surface area contributed by atoms with Gasteiger partial charge in [0.2, 0.25) is 0 Å². The Morgan fingerprint density at radius 1 is 1.11 bits per heavy atom. The Morgan fingerprint density at radius 2 is 1.79 bits per heavy atom. The Bertz CT molecular complexity index is 618. The zero-order chi connectivity index (χ0) is 13.8. The fraction of sp³-hybridized carbons (Fsp3) is 0.0625. The van der Waals surface area contributed by atoms with Crippen LogP contribution in [0.25, 0.3) is 11.1 Å². The van der Waals surface area contributed by atoms with E-state index in [0.717, 1.165) is 15.6 Å². The zero-order valence-corrected chi connectivity index (χ0v) is 12.1. The molecule has 0 radical (unpaired) electrons. The number of halogens is 1. The second kappa shape index (κ2) is 5.85. The summed E-state index contributed by atoms with van der Waals surface area (Å²) in [5.74, 6) is 0.0887. The molecule has 0 atom stereocenters. The summed E-state index contributed by atoms with van der Waals surface area (Å²) < 4.78 is 6.15. The second-order valence-corrected chi connectivity index (χ2v) is 5.01. The van der Waals surface area contributed by atoms with E-state index < -0.39 is 5.97 Å². The maximum atomic E-state index is 11.7. The molecule has 0 saturated carbocycles. The number of carbonyl (C=O) groups is 1. The fourth-order valence-corrected chi connectivity index (χ4v) is 2.08. The molecule has 96 valence electrons. The lowest BCUT2D eigenvalue weighted by atomic mass is 10.0. The summed E-state index contributed by atoms with van der Waals surface area (Å²) >= 11 is 3.42. The summed E-state index contributed by atoms with van der Waals surface area (Å²) in [6.45, 7) is 5.22. The van der Waals surface area contributed by atoms with Crippen LogP contribution in [0.2, 0.25) is 0 Å². The van der Waals surface area contributed by atoms with E-state index in [9.17, 15) is 4.79 Å². The van der Waals surface area contributed by atoms with E-state index in [0.29, 0.717) is 11.3 Å². The first-order valence-electron chi connectivity index (χ1n) is 5.81. The van der Waals surface area contributed by atoms with E-state index in [1.54, 1.807) is 6.92 Å². The van der Waals surface area contributed by atoms with Crippen LogP contribution < -0.4 is 4.74 Å². The molecule has 0 aliphatic rings. The number of benzene rings is 2. The van der Waals surface area contributed by atoms with Crippen molar-refractivity contribution in [3.8, 4) is 16.9 Å². The van der Waals surface area contributed by atoms with Gasteiger partial charge in [0.1, 0.15) is 0 Å². The molecule has 0 fully saturated rings. The summed E-state index contributed by atoms with van der Waals surface area (Å²) in [6, 6.07) is 15.4. The van der Waals surface area contributed by atoms with Crippen LogP contribution in [-0.4, -0.2) is 5.97 Å². The van der Waals surface area contributed by atoms with Gasteiger partial charge in [0.05, 0.1) is 4.47 Å². The highest BCUT2D eigenvalue weighted by Gasteiger charge is 2.14. The van der Waals surface area contributed by atoms with Gasteiger partial charge in [-0.2, -0.15) is 0 Å². The van der Waals surface area contributed by atoms with E-state index in [4.69, 9.17) is 4.74 Å². The summed E-state index contributed by atoms with van der Waals surface area (Å²) in [6.07, 6.45) is 0. The minimum absolute atomic E-state index is 0.370. The second-order valence-electron chi connectivity index (χ2n) is 4.15. The Morgan fingerprint density at radius 3 is 2.42 bits per heavy atom. The summed E-state index contributed by atoms with van der Waals surface area (Å²) in [4.78, 5) is 11.7. The molecule has 0 bridgehead atoms. The first-order chi connectivity index (χ1) is 9.09. The van der Waals surface area contributed by atoms with Crippen molar-refractivity contribution in [1.29, 1.82) is 0 Å². The topological polar surface area (TPSA) is 26.3 Å². The van der Waals surface area contributed by atoms with Gasteiger partial charge >= 0.3 is 5.97 Å². The van der Waals surface area contributed by atoms with E-state index in [1.807, 2.05) is 48.5 Å². The van der Waals surface area contributed by atoms with Crippen LogP contribution in [-0.2, 0) is 4.79 Å². The monoisotopic (exact) mass is 316 g/mol. The third kappa shape index (κ3) is 3.12. The molecule has 2 nitrogen and oxygen atoms in total. The van der Waals surface area contributed by atoms with Crippen molar-refractivity contribution in [3.05, 3.63) is 65.2 Å². The molecule has 2 rings (SSSR count). The van der Waals surface area contributed by atoms with Gasteiger partial charge in [0.15, 0.2) is 5.75 Å². The molecule has 2 aromatic rings. The van der Waals surface area contributed by atoms with Gasteiger partial charge in [-0.05, 0) is 34.5 Å². The molecular formula is C16H13BrO2. The van der Waals surface area contributed by atoms with Crippen molar-refractivity contribution in [2.75, 3.05) is 0 Å². The number of hydrogen-bond acceptors (Lipinski definition) is 2. The fourth-order valence-electron chi connectivity index (χ4n) is 1.64. The predicted octanol–water partition coefficient (Wildman–Crippen LogP) is 4.60. The molecule has 2 aromatic carbocycles. The lowest BCUT2D eigenvalue weighted by molar-refractivity contribution is -0.130. The SMILES string of the molecule is C=C(C)C(=O)Oc1c(Br)cccc1-c1ccccc1. The van der Waals surface area contributed by atoms with Crippen LogP contribution in [0.15, 0.2) is 65.2 Å². The maximum absolute atomic E-state index is 11.7. The Hall–Kier alpha value is -1.87. The summed E-state index contributed by atoms with van der Waals surface area (Å²) in [5.41, 5.74) is 2.23. The minimum Gasteiger partial charge on any atom is -0.421 e. The lowest BCUT2D eigenvalue weighted by Crippen LogP contribution is -2.09. The number of hydrogen-bond donors (Lipinski definition) is 0. The molecular weight excluding hydrogens is 304 g/mol. The Labute approximate surface area is 120 Å². The van der Waals surface area contributed by atoms with E-state index in [1.165, 1.54) is 0 Å². The minimum atomic E-state index is -0.427. The molecule has 3 heteroatoms. The van der Waals surface area contributed by atoms with Crippen LogP contribution in [0.1, 0.15) is 6.92 Å². The standard InChI is InChI=1S/C16H13BrO2/c1-11(2)16(18)19-15-13(9-6-10-14(15)17)12-7-4-3-5-8-12/h3-10H,1H2,2H3. The van der Waals surface area contributed by atoms with Gasteiger partial charge in [-0.15, -0.1) is 0 Å². The van der Waals surface area contributed by atoms with Gasteiger partial charge < -0.3 is 4.74 Å². The van der Waals surface area contributed by atoms with Crippen LogP contribution in [0.4, 0.5) is 0 Å². The highest BCUT2D eigenvalue weighted by molar-refractivity contribution is 9.10. The van der Waals surface area contributed by atoms with Gasteiger partial charge in [-0.3, -0.25) is 0 Å². The first kappa shape index (κ1) is 13.6. The molecule has 0 N–H and O–H groups in total. The summed E-state index contributed by atoms with van der Waals surface area (Å²) in [5, 5.41) is 0. The van der Waals surface area contributed by atoms with E-state index in [-0.39, 0.29) is 0 Å². The van der Waals surface area contributed by atoms with Gasteiger partial charge in [-0.25, -0.2) is 4.79 Å². The van der Waals surface area contributed by atoms with Gasteiger partial charge in [0, 0.05) is 11.1 Å². The third-order valence-corrected chi connectivity index (χ3v) is 3.22. The van der Waals surface area contributed by atoms with Crippen molar-refractivity contribution < 1.29 is 9.53 Å². The van der Waals surface area contributed by atoms with Crippen molar-refractivity contribution in [2.24, 2.45) is 0 Å². The molecule has 0 saturated heterocycles. The van der Waals surface area contributed by atoms with Gasteiger partial charge in [0.25, 0.3) is 0 Å². The van der Waals surface area contributed by atoms with Crippen molar-refractivity contribution >= 4 is 21.9 Å². The first-order valence-corrected chi connectivity index (χ1v) is 6.60. The average molecular weight is 317 g/mol. The Balaban J connectivity index is 2.48. The normalized spacial score (nSPS) is 10.0. The molecule has 0 aromatic heterocycles. The number of ether oxygens (including phenoxy) is 1. The van der Waals surface area contributed by atoms with E-state index in [2.05, 4.69) is 22.5 Å². The zero-order valence-electron chi connectivity index (χ0n) is 10.5. The van der Waals surface area contributed by atoms with Crippen LogP contribution in [0, 0.1) is 0 Å².